The first-order valence-electron chi connectivity index (χ1n) is 13.9. The van der Waals surface area contributed by atoms with Crippen molar-refractivity contribution in [3.8, 4) is 0 Å². The minimum absolute atomic E-state index is 0.0257. The van der Waals surface area contributed by atoms with Gasteiger partial charge in [-0.05, 0) is 38.3 Å². The summed E-state index contributed by atoms with van der Waals surface area (Å²) in [4.78, 5) is 63.8. The molecule has 1 heterocycles. The summed E-state index contributed by atoms with van der Waals surface area (Å²) in [7, 11) is 0. The Balaban J connectivity index is 2.09. The van der Waals surface area contributed by atoms with E-state index in [4.69, 9.17) is 28.4 Å². The van der Waals surface area contributed by atoms with Crippen LogP contribution in [0, 0.1) is 17.3 Å². The number of carbonyl (C=O) groups is 5. The standard InChI is InChI=1S/C30H38O12/c1-15-13-21(35)24(39-18(4)33)29(14-37-16(2)31)26(41-27(36)20-11-9-8-10-12-20)23(38-17(3)32)22-25(40-19(5)34)30(15,29)42-28(22,6)7/h8-12,15,21-26,35H,13-14H2,1-7H3/t15?,21-,22?,23+,24-,25+,26+,29-,30?/m0/s1. The van der Waals surface area contributed by atoms with Gasteiger partial charge in [-0.15, -0.1) is 0 Å². The van der Waals surface area contributed by atoms with Gasteiger partial charge in [0.2, 0.25) is 0 Å². The summed E-state index contributed by atoms with van der Waals surface area (Å²) in [6.45, 7) is 9.27. The van der Waals surface area contributed by atoms with Crippen LogP contribution in [0.5, 0.6) is 0 Å². The van der Waals surface area contributed by atoms with Gasteiger partial charge in [0.15, 0.2) is 6.10 Å². The van der Waals surface area contributed by atoms with E-state index in [1.54, 1.807) is 39.0 Å². The number of esters is 5. The summed E-state index contributed by atoms with van der Waals surface area (Å²) in [5, 5.41) is 11.5. The topological polar surface area (TPSA) is 161 Å². The van der Waals surface area contributed by atoms with Crippen LogP contribution in [-0.2, 0) is 47.6 Å². The van der Waals surface area contributed by atoms with Crippen molar-refractivity contribution < 1.29 is 57.5 Å². The number of aliphatic hydroxyl groups is 1. The Morgan fingerprint density at radius 3 is 1.95 bits per heavy atom. The van der Waals surface area contributed by atoms with E-state index in [2.05, 4.69) is 0 Å². The molecule has 1 saturated heterocycles. The van der Waals surface area contributed by atoms with E-state index in [9.17, 15) is 29.1 Å². The SMILES string of the molecule is CC(=O)OC[C@]12[C@H](OC(=O)c3ccccc3)[C@H](OC(C)=O)C3[C@@H](OC(C)=O)C1(OC3(C)C)C(C)C[C@H](O)[C@@H]2OC(C)=O. The van der Waals surface area contributed by atoms with E-state index < -0.39 is 95.4 Å². The van der Waals surface area contributed by atoms with E-state index in [1.807, 2.05) is 0 Å². The minimum atomic E-state index is -1.92. The molecule has 42 heavy (non-hydrogen) atoms. The maximum absolute atomic E-state index is 13.7. The lowest BCUT2D eigenvalue weighted by Gasteiger charge is -2.64. The fourth-order valence-corrected chi connectivity index (χ4v) is 7.51. The summed E-state index contributed by atoms with van der Waals surface area (Å²) < 4.78 is 36.2. The highest BCUT2D eigenvalue weighted by Gasteiger charge is 2.85. The molecule has 1 aromatic carbocycles. The Hall–Kier alpha value is -3.51. The molecule has 12 nitrogen and oxygen atoms in total. The molecule has 230 valence electrons. The Morgan fingerprint density at radius 1 is 0.833 bits per heavy atom. The maximum Gasteiger partial charge on any atom is 0.338 e. The van der Waals surface area contributed by atoms with Crippen LogP contribution in [-0.4, -0.2) is 83.3 Å². The van der Waals surface area contributed by atoms with Crippen LogP contribution in [0.3, 0.4) is 0 Å². The van der Waals surface area contributed by atoms with Crippen molar-refractivity contribution in [1.82, 2.24) is 0 Å². The van der Waals surface area contributed by atoms with Crippen molar-refractivity contribution in [3.63, 3.8) is 0 Å². The lowest BCUT2D eigenvalue weighted by atomic mass is 9.47. The van der Waals surface area contributed by atoms with Crippen molar-refractivity contribution in [2.75, 3.05) is 6.61 Å². The highest BCUT2D eigenvalue weighted by molar-refractivity contribution is 5.89. The molecule has 1 aromatic rings. The molecule has 12 heteroatoms. The van der Waals surface area contributed by atoms with Gasteiger partial charge >= 0.3 is 29.8 Å². The molecule has 3 aliphatic rings. The number of aliphatic hydroxyl groups excluding tert-OH is 1. The number of rotatable bonds is 7. The lowest BCUT2D eigenvalue weighted by molar-refractivity contribution is -0.328. The molecular weight excluding hydrogens is 552 g/mol. The average molecular weight is 591 g/mol. The lowest BCUT2D eigenvalue weighted by Crippen LogP contribution is -2.81. The van der Waals surface area contributed by atoms with Gasteiger partial charge in [-0.25, -0.2) is 4.79 Å². The zero-order chi connectivity index (χ0) is 31.2. The predicted octanol–water partition coefficient (Wildman–Crippen LogP) is 2.13. The van der Waals surface area contributed by atoms with Gasteiger partial charge in [-0.2, -0.15) is 0 Å². The number of fused-ring (bicyclic) bond motifs is 1. The highest BCUT2D eigenvalue weighted by atomic mass is 16.6. The molecular formula is C30H38O12. The van der Waals surface area contributed by atoms with Crippen molar-refractivity contribution in [2.24, 2.45) is 17.3 Å². The number of hydrogen-bond donors (Lipinski definition) is 1. The first-order chi connectivity index (χ1) is 19.6. The molecule has 2 saturated carbocycles. The molecule has 3 unspecified atom stereocenters. The number of benzene rings is 1. The van der Waals surface area contributed by atoms with Crippen LogP contribution in [0.25, 0.3) is 0 Å². The van der Waals surface area contributed by atoms with Gasteiger partial charge in [-0.1, -0.05) is 25.1 Å². The molecule has 0 aromatic heterocycles. The fraction of sp³-hybridized carbons (Fsp3) is 0.633. The molecule has 1 aliphatic heterocycles. The predicted molar refractivity (Wildman–Crippen MR) is 143 cm³/mol. The van der Waals surface area contributed by atoms with Crippen LogP contribution in [0.15, 0.2) is 30.3 Å². The summed E-state index contributed by atoms with van der Waals surface area (Å²) in [5.74, 6) is -5.27. The Bertz CT molecular complexity index is 1240. The Labute approximate surface area is 243 Å². The van der Waals surface area contributed by atoms with E-state index in [1.165, 1.54) is 26.0 Å². The van der Waals surface area contributed by atoms with E-state index in [0.717, 1.165) is 13.8 Å². The van der Waals surface area contributed by atoms with Crippen LogP contribution in [0.4, 0.5) is 0 Å². The van der Waals surface area contributed by atoms with Crippen molar-refractivity contribution in [3.05, 3.63) is 35.9 Å². The maximum atomic E-state index is 13.7. The second kappa shape index (κ2) is 11.3. The number of hydrogen-bond acceptors (Lipinski definition) is 12. The third-order valence-corrected chi connectivity index (χ3v) is 8.70. The first-order valence-corrected chi connectivity index (χ1v) is 13.9. The minimum Gasteiger partial charge on any atom is -0.465 e. The van der Waals surface area contributed by atoms with Crippen molar-refractivity contribution in [2.45, 2.75) is 96.6 Å². The third kappa shape index (κ3) is 5.04. The van der Waals surface area contributed by atoms with Gasteiger partial charge in [0, 0.05) is 27.7 Å². The molecule has 1 spiro atoms. The van der Waals surface area contributed by atoms with Gasteiger partial charge in [0.05, 0.1) is 23.2 Å². The number of carbonyl (C=O) groups excluding carboxylic acids is 5. The van der Waals surface area contributed by atoms with Crippen LogP contribution in [0.2, 0.25) is 0 Å². The molecule has 2 aliphatic carbocycles. The van der Waals surface area contributed by atoms with Gasteiger partial charge < -0.3 is 33.5 Å². The van der Waals surface area contributed by atoms with Crippen LogP contribution in [0.1, 0.15) is 65.2 Å². The van der Waals surface area contributed by atoms with Crippen molar-refractivity contribution in [1.29, 1.82) is 0 Å². The van der Waals surface area contributed by atoms with E-state index >= 15 is 0 Å². The Kier molecular flexibility index (Phi) is 8.45. The summed E-state index contributed by atoms with van der Waals surface area (Å²) in [6, 6.07) is 8.04. The second-order valence-electron chi connectivity index (χ2n) is 11.9. The summed E-state index contributed by atoms with van der Waals surface area (Å²) in [5.41, 5.74) is -4.60. The zero-order valence-electron chi connectivity index (χ0n) is 24.8. The van der Waals surface area contributed by atoms with Crippen LogP contribution < -0.4 is 0 Å². The molecule has 0 radical (unpaired) electrons. The van der Waals surface area contributed by atoms with Crippen molar-refractivity contribution >= 4 is 29.8 Å². The molecule has 1 N–H and O–H groups in total. The highest BCUT2D eigenvalue weighted by Crippen LogP contribution is 2.68. The van der Waals surface area contributed by atoms with Gasteiger partial charge in [0.25, 0.3) is 0 Å². The van der Waals surface area contributed by atoms with Gasteiger partial charge in [-0.3, -0.25) is 19.2 Å². The largest absolute Gasteiger partial charge is 0.465 e. The Morgan fingerprint density at radius 2 is 1.40 bits per heavy atom. The monoisotopic (exact) mass is 590 g/mol. The number of ether oxygens (including phenoxy) is 6. The first kappa shape index (κ1) is 31.4. The summed E-state index contributed by atoms with van der Waals surface area (Å²) in [6.07, 6.45) is -6.85. The fourth-order valence-electron chi connectivity index (χ4n) is 7.51. The van der Waals surface area contributed by atoms with E-state index in [0.29, 0.717) is 0 Å². The molecule has 4 rings (SSSR count). The average Bonchev–Trinajstić information content (AvgIpc) is 3.07. The summed E-state index contributed by atoms with van der Waals surface area (Å²) >= 11 is 0. The molecule has 0 amide bonds. The normalized spacial score (nSPS) is 36.1. The third-order valence-electron chi connectivity index (χ3n) is 8.70. The molecule has 9 atom stereocenters. The van der Waals surface area contributed by atoms with Crippen LogP contribution >= 0.6 is 0 Å². The van der Waals surface area contributed by atoms with E-state index in [-0.39, 0.29) is 12.0 Å². The van der Waals surface area contributed by atoms with Gasteiger partial charge in [0.1, 0.15) is 35.9 Å². The smallest absolute Gasteiger partial charge is 0.338 e. The molecule has 3 fully saturated rings. The molecule has 2 bridgehead atoms. The quantitative estimate of drug-likeness (QED) is 0.364. The second-order valence-corrected chi connectivity index (χ2v) is 11.9. The zero-order valence-corrected chi connectivity index (χ0v) is 24.8.